The first-order valence-corrected chi connectivity index (χ1v) is 5.32. The predicted octanol–water partition coefficient (Wildman–Crippen LogP) is 2.71. The van der Waals surface area contributed by atoms with Crippen molar-refractivity contribution in [2.24, 2.45) is 0 Å². The second-order valence-corrected chi connectivity index (χ2v) is 3.89. The van der Waals surface area contributed by atoms with Gasteiger partial charge in [-0.15, -0.1) is 0 Å². The second-order valence-electron chi connectivity index (χ2n) is 3.89. The van der Waals surface area contributed by atoms with Crippen molar-refractivity contribution in [1.82, 2.24) is 9.97 Å². The van der Waals surface area contributed by atoms with E-state index in [1.165, 1.54) is 11.1 Å². The lowest BCUT2D eigenvalue weighted by Crippen LogP contribution is -2.02. The Morgan fingerprint density at radius 1 is 1.19 bits per heavy atom. The van der Waals surface area contributed by atoms with Crippen molar-refractivity contribution in [2.75, 3.05) is 5.32 Å². The maximum Gasteiger partial charge on any atom is 0.126 e. The highest BCUT2D eigenvalue weighted by atomic mass is 15.0. The molecule has 0 saturated heterocycles. The van der Waals surface area contributed by atoms with E-state index < -0.39 is 0 Å². The van der Waals surface area contributed by atoms with Crippen LogP contribution < -0.4 is 5.32 Å². The molecule has 1 N–H and O–H groups in total. The van der Waals surface area contributed by atoms with Crippen LogP contribution in [0.1, 0.15) is 16.8 Å². The molecular weight excluding hydrogens is 198 g/mol. The molecule has 0 fully saturated rings. The van der Waals surface area contributed by atoms with Crippen molar-refractivity contribution in [3.63, 3.8) is 0 Å². The van der Waals surface area contributed by atoms with Crippen LogP contribution in [-0.4, -0.2) is 9.97 Å². The van der Waals surface area contributed by atoms with E-state index in [4.69, 9.17) is 0 Å². The first-order chi connectivity index (χ1) is 7.74. The number of hydrogen-bond acceptors (Lipinski definition) is 3. The standard InChI is InChI=1S/C13H15N3/c1-10-6-12(8-14-7-10)9-15-13-5-3-4-11(2)16-13/h3-8H,9H2,1-2H3,(H,15,16). The lowest BCUT2D eigenvalue weighted by Gasteiger charge is -2.06. The van der Waals surface area contributed by atoms with Crippen LogP contribution in [0.2, 0.25) is 0 Å². The van der Waals surface area contributed by atoms with E-state index in [9.17, 15) is 0 Å². The van der Waals surface area contributed by atoms with Gasteiger partial charge in [-0.25, -0.2) is 4.98 Å². The summed E-state index contributed by atoms with van der Waals surface area (Å²) in [5, 5.41) is 3.28. The highest BCUT2D eigenvalue weighted by Gasteiger charge is 1.96. The third kappa shape index (κ3) is 2.79. The van der Waals surface area contributed by atoms with Crippen molar-refractivity contribution in [3.05, 3.63) is 53.5 Å². The Bertz CT molecular complexity index is 435. The third-order valence-corrected chi connectivity index (χ3v) is 2.29. The fraction of sp³-hybridized carbons (Fsp3) is 0.231. The Balaban J connectivity index is 2.02. The zero-order chi connectivity index (χ0) is 11.4. The minimum atomic E-state index is 0.755. The molecule has 16 heavy (non-hydrogen) atoms. The van der Waals surface area contributed by atoms with Crippen LogP contribution in [-0.2, 0) is 6.54 Å². The van der Waals surface area contributed by atoms with Crippen molar-refractivity contribution in [2.45, 2.75) is 20.4 Å². The molecule has 2 aromatic heterocycles. The first kappa shape index (κ1) is 10.6. The Morgan fingerprint density at radius 2 is 2.06 bits per heavy atom. The Kier molecular flexibility index (Phi) is 3.15. The molecule has 0 aliphatic rings. The molecule has 2 aromatic rings. The van der Waals surface area contributed by atoms with Gasteiger partial charge in [-0.05, 0) is 37.1 Å². The van der Waals surface area contributed by atoms with Crippen LogP contribution in [0.5, 0.6) is 0 Å². The Morgan fingerprint density at radius 3 is 2.81 bits per heavy atom. The summed E-state index contributed by atoms with van der Waals surface area (Å²) in [4.78, 5) is 8.53. The van der Waals surface area contributed by atoms with Gasteiger partial charge in [0.05, 0.1) is 0 Å². The molecule has 0 aromatic carbocycles. The summed E-state index contributed by atoms with van der Waals surface area (Å²) in [6, 6.07) is 8.07. The highest BCUT2D eigenvalue weighted by Crippen LogP contribution is 2.07. The van der Waals surface area contributed by atoms with Gasteiger partial charge in [-0.3, -0.25) is 4.98 Å². The summed E-state index contributed by atoms with van der Waals surface area (Å²) in [5.74, 6) is 0.904. The van der Waals surface area contributed by atoms with Crippen molar-refractivity contribution in [3.8, 4) is 0 Å². The van der Waals surface area contributed by atoms with Crippen LogP contribution in [0, 0.1) is 13.8 Å². The lowest BCUT2D eigenvalue weighted by molar-refractivity contribution is 1.06. The van der Waals surface area contributed by atoms with E-state index in [1.54, 1.807) is 0 Å². The zero-order valence-electron chi connectivity index (χ0n) is 9.57. The van der Waals surface area contributed by atoms with Gasteiger partial charge in [0.15, 0.2) is 0 Å². The summed E-state index contributed by atoms with van der Waals surface area (Å²) in [6.45, 7) is 4.78. The summed E-state index contributed by atoms with van der Waals surface area (Å²) in [6.07, 6.45) is 3.73. The van der Waals surface area contributed by atoms with Gasteiger partial charge < -0.3 is 5.32 Å². The van der Waals surface area contributed by atoms with Gasteiger partial charge >= 0.3 is 0 Å². The van der Waals surface area contributed by atoms with Crippen LogP contribution in [0.15, 0.2) is 36.7 Å². The van der Waals surface area contributed by atoms with Crippen LogP contribution in [0.3, 0.4) is 0 Å². The van der Waals surface area contributed by atoms with Crippen molar-refractivity contribution in [1.29, 1.82) is 0 Å². The summed E-state index contributed by atoms with van der Waals surface area (Å²) < 4.78 is 0. The molecule has 3 nitrogen and oxygen atoms in total. The van der Waals surface area contributed by atoms with Gasteiger partial charge in [-0.2, -0.15) is 0 Å². The van der Waals surface area contributed by atoms with Crippen molar-refractivity contribution >= 4 is 5.82 Å². The van der Waals surface area contributed by atoms with Gasteiger partial charge in [0.1, 0.15) is 5.82 Å². The molecule has 0 saturated carbocycles. The lowest BCUT2D eigenvalue weighted by atomic mass is 10.2. The number of rotatable bonds is 3. The van der Waals surface area contributed by atoms with Gasteiger partial charge in [-0.1, -0.05) is 12.1 Å². The zero-order valence-corrected chi connectivity index (χ0v) is 9.57. The number of aromatic nitrogens is 2. The number of nitrogens with zero attached hydrogens (tertiary/aromatic N) is 2. The third-order valence-electron chi connectivity index (χ3n) is 2.29. The smallest absolute Gasteiger partial charge is 0.126 e. The molecule has 2 heterocycles. The number of anilines is 1. The Labute approximate surface area is 95.6 Å². The van der Waals surface area contributed by atoms with Gasteiger partial charge in [0, 0.05) is 24.6 Å². The summed E-state index contributed by atoms with van der Waals surface area (Å²) in [7, 11) is 0. The van der Waals surface area contributed by atoms with E-state index in [1.807, 2.05) is 44.4 Å². The van der Waals surface area contributed by atoms with Crippen LogP contribution in [0.4, 0.5) is 5.82 Å². The number of pyridine rings is 2. The molecule has 0 spiro atoms. The largest absolute Gasteiger partial charge is 0.366 e. The maximum atomic E-state index is 4.38. The topological polar surface area (TPSA) is 37.8 Å². The van der Waals surface area contributed by atoms with Crippen LogP contribution in [0.25, 0.3) is 0 Å². The highest BCUT2D eigenvalue weighted by molar-refractivity contribution is 5.36. The average molecular weight is 213 g/mol. The number of hydrogen-bond donors (Lipinski definition) is 1. The molecule has 0 bridgehead atoms. The van der Waals surface area contributed by atoms with Gasteiger partial charge in [0.2, 0.25) is 0 Å². The molecule has 0 aliphatic carbocycles. The predicted molar refractivity (Wildman–Crippen MR) is 65.3 cm³/mol. The monoisotopic (exact) mass is 213 g/mol. The maximum absolute atomic E-state index is 4.38. The molecule has 0 amide bonds. The molecule has 3 heteroatoms. The van der Waals surface area contributed by atoms with Crippen molar-refractivity contribution < 1.29 is 0 Å². The molecular formula is C13H15N3. The molecule has 0 radical (unpaired) electrons. The normalized spacial score (nSPS) is 10.1. The summed E-state index contributed by atoms with van der Waals surface area (Å²) >= 11 is 0. The summed E-state index contributed by atoms with van der Waals surface area (Å²) in [5.41, 5.74) is 3.37. The number of nitrogens with one attached hydrogen (secondary N) is 1. The molecule has 82 valence electrons. The van der Waals surface area contributed by atoms with E-state index in [0.29, 0.717) is 0 Å². The minimum absolute atomic E-state index is 0.755. The van der Waals surface area contributed by atoms with E-state index in [0.717, 1.165) is 18.1 Å². The van der Waals surface area contributed by atoms with Crippen LogP contribution >= 0.6 is 0 Å². The quantitative estimate of drug-likeness (QED) is 0.851. The van der Waals surface area contributed by atoms with E-state index in [-0.39, 0.29) is 0 Å². The van der Waals surface area contributed by atoms with E-state index >= 15 is 0 Å². The molecule has 0 unspecified atom stereocenters. The first-order valence-electron chi connectivity index (χ1n) is 5.32. The fourth-order valence-corrected chi connectivity index (χ4v) is 1.55. The second kappa shape index (κ2) is 4.75. The average Bonchev–Trinajstić information content (AvgIpc) is 2.27. The fourth-order valence-electron chi connectivity index (χ4n) is 1.55. The molecule has 0 atom stereocenters. The number of aryl methyl sites for hydroxylation is 2. The van der Waals surface area contributed by atoms with Gasteiger partial charge in [0.25, 0.3) is 0 Å². The van der Waals surface area contributed by atoms with E-state index in [2.05, 4.69) is 21.4 Å². The Hall–Kier alpha value is -1.90. The minimum Gasteiger partial charge on any atom is -0.366 e. The molecule has 2 rings (SSSR count). The SMILES string of the molecule is Cc1cncc(CNc2cccc(C)n2)c1. The molecule has 0 aliphatic heterocycles.